The van der Waals surface area contributed by atoms with Crippen LogP contribution in [0.5, 0.6) is 0 Å². The number of hydrogen-bond acceptors (Lipinski definition) is 0. The normalized spacial score (nSPS) is 12.5. The highest BCUT2D eigenvalue weighted by Gasteiger charge is 2.05. The van der Waals surface area contributed by atoms with Crippen molar-refractivity contribution in [1.29, 1.82) is 0 Å². The molecule has 252 valence electrons. The van der Waals surface area contributed by atoms with Crippen molar-refractivity contribution in [1.82, 2.24) is 0 Å². The molecule has 0 aliphatic rings. The average Bonchev–Trinajstić information content (AvgIpc) is 2.98. The number of halogens is 1. The van der Waals surface area contributed by atoms with E-state index < -0.39 is 0 Å². The summed E-state index contributed by atoms with van der Waals surface area (Å²) in [7, 11) is 0. The molecule has 0 aliphatic heterocycles. The predicted octanol–water partition coefficient (Wildman–Crippen LogP) is 10.6. The first-order chi connectivity index (χ1) is 20.3. The summed E-state index contributed by atoms with van der Waals surface area (Å²) in [5.74, 6) is 0. The highest BCUT2D eigenvalue weighted by atomic mass is 35.5. The van der Waals surface area contributed by atoms with Gasteiger partial charge in [0.25, 0.3) is 0 Å². The second-order valence-electron chi connectivity index (χ2n) is 13.4. The Hall–Kier alpha value is -0.270. The molecule has 0 heterocycles. The molecule has 0 saturated carbocycles. The van der Waals surface area contributed by atoms with Crippen molar-refractivity contribution in [2.24, 2.45) is 0 Å². The van der Waals surface area contributed by atoms with Gasteiger partial charge in [-0.2, -0.15) is 0 Å². The molecular formula is C40H80ClN. The standard InChI is InChI=1S/C40H79N.ClH/c1-3-5-7-9-11-13-15-17-19-21-23-25-27-29-31-33-35-37-39-40(41)38-36-34-32-30-28-26-24-22-20-18-16-14-12-10-8-6-4-2;/h8-11,40H,3-7,12-39,41H2,1-2H3;1H. The van der Waals surface area contributed by atoms with E-state index in [0.717, 1.165) is 0 Å². The molecule has 3 N–H and O–H groups in total. The fraction of sp³-hybridized carbons (Fsp3) is 0.900. The maximum atomic E-state index is 4.46. The van der Waals surface area contributed by atoms with E-state index >= 15 is 0 Å². The van der Waals surface area contributed by atoms with E-state index in [1.807, 2.05) is 0 Å². The number of hydrogen-bond donors (Lipinski definition) is 1. The summed E-state index contributed by atoms with van der Waals surface area (Å²) in [4.78, 5) is 0. The number of unbranched alkanes of at least 4 members (excludes halogenated alkanes) is 27. The van der Waals surface area contributed by atoms with Gasteiger partial charge in [0, 0.05) is 0 Å². The zero-order chi connectivity index (χ0) is 29.7. The Balaban J connectivity index is 0. The van der Waals surface area contributed by atoms with Crippen LogP contribution in [0.25, 0.3) is 0 Å². The van der Waals surface area contributed by atoms with E-state index in [9.17, 15) is 0 Å². The summed E-state index contributed by atoms with van der Waals surface area (Å²) >= 11 is 0. The monoisotopic (exact) mass is 610 g/mol. The Labute approximate surface area is 273 Å². The fourth-order valence-corrected chi connectivity index (χ4v) is 6.03. The maximum absolute atomic E-state index is 4.46. The smallest absolute Gasteiger partial charge is 0.0843 e. The van der Waals surface area contributed by atoms with Crippen LogP contribution < -0.4 is 18.1 Å². The third kappa shape index (κ3) is 39.7. The Morgan fingerprint density at radius 2 is 0.595 bits per heavy atom. The van der Waals surface area contributed by atoms with Crippen LogP contribution in [-0.2, 0) is 0 Å². The van der Waals surface area contributed by atoms with E-state index in [1.165, 1.54) is 212 Å². The number of quaternary nitrogens is 1. The lowest BCUT2D eigenvalue weighted by molar-refractivity contribution is -0.423. The molecule has 0 rings (SSSR count). The molecule has 0 fully saturated rings. The van der Waals surface area contributed by atoms with E-state index in [-0.39, 0.29) is 12.4 Å². The minimum absolute atomic E-state index is 0. The highest BCUT2D eigenvalue weighted by Crippen LogP contribution is 2.16. The molecule has 1 atom stereocenters. The Morgan fingerprint density at radius 3 is 0.905 bits per heavy atom. The lowest BCUT2D eigenvalue weighted by Crippen LogP contribution is -3.00. The Bertz CT molecular complexity index is 514. The summed E-state index contributed by atoms with van der Waals surface area (Å²) in [5, 5.41) is 0. The zero-order valence-electron chi connectivity index (χ0n) is 29.3. The van der Waals surface area contributed by atoms with E-state index in [0.29, 0.717) is 6.04 Å². The lowest BCUT2D eigenvalue weighted by atomic mass is 10.00. The predicted molar refractivity (Wildman–Crippen MR) is 189 cm³/mol. The number of rotatable bonds is 35. The lowest BCUT2D eigenvalue weighted by Gasteiger charge is -2.08. The van der Waals surface area contributed by atoms with Gasteiger partial charge in [0.1, 0.15) is 0 Å². The molecule has 42 heavy (non-hydrogen) atoms. The Morgan fingerprint density at radius 1 is 0.333 bits per heavy atom. The Kier molecular flexibility index (Phi) is 42.5. The molecule has 2 heteroatoms. The van der Waals surface area contributed by atoms with Crippen LogP contribution in [0.15, 0.2) is 24.3 Å². The van der Waals surface area contributed by atoms with Gasteiger partial charge in [0.05, 0.1) is 6.04 Å². The summed E-state index contributed by atoms with van der Waals surface area (Å²) in [6.45, 7) is 4.53. The second-order valence-corrected chi connectivity index (χ2v) is 13.4. The van der Waals surface area contributed by atoms with Gasteiger partial charge in [-0.15, -0.1) is 0 Å². The van der Waals surface area contributed by atoms with Gasteiger partial charge in [-0.25, -0.2) is 0 Å². The summed E-state index contributed by atoms with van der Waals surface area (Å²) in [6.07, 6.45) is 56.1. The summed E-state index contributed by atoms with van der Waals surface area (Å²) in [5.41, 5.74) is 4.46. The molecule has 1 nitrogen and oxygen atoms in total. The van der Waals surface area contributed by atoms with E-state index in [4.69, 9.17) is 0 Å². The first-order valence-electron chi connectivity index (χ1n) is 19.4. The topological polar surface area (TPSA) is 27.6 Å². The molecule has 0 saturated heterocycles. The van der Waals surface area contributed by atoms with Crippen molar-refractivity contribution < 1.29 is 18.1 Å². The molecule has 1 unspecified atom stereocenters. The average molecular weight is 611 g/mol. The van der Waals surface area contributed by atoms with Gasteiger partial charge >= 0.3 is 0 Å². The molecule has 0 spiro atoms. The van der Waals surface area contributed by atoms with Gasteiger partial charge < -0.3 is 18.1 Å². The van der Waals surface area contributed by atoms with Crippen LogP contribution in [0.1, 0.15) is 226 Å². The molecule has 0 aromatic rings. The van der Waals surface area contributed by atoms with E-state index in [1.54, 1.807) is 0 Å². The van der Waals surface area contributed by atoms with Crippen LogP contribution in [0.4, 0.5) is 0 Å². The van der Waals surface area contributed by atoms with Crippen molar-refractivity contribution in [2.75, 3.05) is 0 Å². The van der Waals surface area contributed by atoms with Gasteiger partial charge in [-0.05, 0) is 64.2 Å². The van der Waals surface area contributed by atoms with Crippen molar-refractivity contribution in [3.05, 3.63) is 24.3 Å². The van der Waals surface area contributed by atoms with E-state index in [2.05, 4.69) is 43.9 Å². The molecule has 0 aliphatic carbocycles. The van der Waals surface area contributed by atoms with Gasteiger partial charge in [0.2, 0.25) is 0 Å². The van der Waals surface area contributed by atoms with Gasteiger partial charge in [-0.1, -0.05) is 186 Å². The minimum atomic E-state index is 0. The largest absolute Gasteiger partial charge is 1.00 e. The molecule has 0 bridgehead atoms. The van der Waals surface area contributed by atoms with Crippen molar-refractivity contribution >= 4 is 0 Å². The quantitative estimate of drug-likeness (QED) is 0.0546. The molecular weight excluding hydrogens is 530 g/mol. The third-order valence-corrected chi connectivity index (χ3v) is 8.98. The molecule has 0 amide bonds. The van der Waals surface area contributed by atoms with Crippen molar-refractivity contribution in [3.8, 4) is 0 Å². The van der Waals surface area contributed by atoms with Gasteiger partial charge in [-0.3, -0.25) is 0 Å². The summed E-state index contributed by atoms with van der Waals surface area (Å²) in [6, 6.07) is 0.708. The van der Waals surface area contributed by atoms with Crippen LogP contribution in [0.2, 0.25) is 0 Å². The fourth-order valence-electron chi connectivity index (χ4n) is 6.03. The molecule has 0 aromatic heterocycles. The second kappa shape index (κ2) is 40.7. The van der Waals surface area contributed by atoms with Gasteiger partial charge in [0.15, 0.2) is 0 Å². The van der Waals surface area contributed by atoms with Crippen LogP contribution in [0.3, 0.4) is 0 Å². The first-order valence-corrected chi connectivity index (χ1v) is 19.4. The summed E-state index contributed by atoms with van der Waals surface area (Å²) < 4.78 is 0. The van der Waals surface area contributed by atoms with Crippen LogP contribution >= 0.6 is 0 Å². The highest BCUT2D eigenvalue weighted by molar-refractivity contribution is 4.81. The SMILES string of the molecule is CCCC=CCCCCCCCCCCCCCCC([NH3+])CCCCCCCCCCCCCCC=CCCCC.[Cl-]. The van der Waals surface area contributed by atoms with Crippen LogP contribution in [0, 0.1) is 0 Å². The van der Waals surface area contributed by atoms with Crippen LogP contribution in [-0.4, -0.2) is 6.04 Å². The zero-order valence-corrected chi connectivity index (χ0v) is 30.1. The minimum Gasteiger partial charge on any atom is -1.00 e. The molecule has 0 radical (unpaired) electrons. The number of allylic oxidation sites excluding steroid dienone is 4. The maximum Gasteiger partial charge on any atom is 0.0843 e. The van der Waals surface area contributed by atoms with Crippen molar-refractivity contribution in [3.63, 3.8) is 0 Å². The first kappa shape index (κ1) is 43.9. The van der Waals surface area contributed by atoms with Crippen molar-refractivity contribution in [2.45, 2.75) is 232 Å². The third-order valence-electron chi connectivity index (χ3n) is 8.98. The molecule has 0 aromatic carbocycles.